The third-order valence-corrected chi connectivity index (χ3v) is 6.98. The minimum atomic E-state index is -0.218. The average molecular weight is 484 g/mol. The zero-order valence-corrected chi connectivity index (χ0v) is 19.4. The van der Waals surface area contributed by atoms with E-state index in [2.05, 4.69) is 20.2 Å². The quantitative estimate of drug-likeness (QED) is 0.277. The Morgan fingerprint density at radius 3 is 2.71 bits per heavy atom. The molecule has 0 spiro atoms. The lowest BCUT2D eigenvalue weighted by molar-refractivity contribution is 0.100. The summed E-state index contributed by atoms with van der Waals surface area (Å²) in [5.74, 6) is 0.956. The first-order valence-electron chi connectivity index (χ1n) is 11.3. The molecule has 35 heavy (non-hydrogen) atoms. The number of oxazole rings is 1. The molecular formula is C26H21N5O3S. The number of fused-ring (bicyclic) bond motifs is 1. The van der Waals surface area contributed by atoms with E-state index in [4.69, 9.17) is 9.40 Å². The standard InChI is InChI=1S/C26H21N5O3S/c32-21(16-4-2-1-3-5-16)13-28-17-6-9-20-19(12-17)29-26(31(20)18-7-8-18)30-25(33)24-11-10-23(35-24)22-14-27-15-34-22/h1-6,9-12,14-15,18,28H,7-8,13H2,(H,29,30,33). The van der Waals surface area contributed by atoms with Crippen molar-refractivity contribution in [2.24, 2.45) is 0 Å². The van der Waals surface area contributed by atoms with Crippen LogP contribution in [0.1, 0.15) is 38.9 Å². The third-order valence-electron chi connectivity index (χ3n) is 5.88. The molecule has 0 radical (unpaired) electrons. The predicted molar refractivity (Wildman–Crippen MR) is 135 cm³/mol. The highest BCUT2D eigenvalue weighted by Crippen LogP contribution is 2.41. The van der Waals surface area contributed by atoms with Gasteiger partial charge in [-0.2, -0.15) is 0 Å². The summed E-state index contributed by atoms with van der Waals surface area (Å²) in [4.78, 5) is 35.5. The summed E-state index contributed by atoms with van der Waals surface area (Å²) in [6.07, 6.45) is 5.09. The van der Waals surface area contributed by atoms with E-state index >= 15 is 0 Å². The van der Waals surface area contributed by atoms with Crippen molar-refractivity contribution in [2.45, 2.75) is 18.9 Å². The Morgan fingerprint density at radius 1 is 1.09 bits per heavy atom. The van der Waals surface area contributed by atoms with Gasteiger partial charge in [-0.3, -0.25) is 14.9 Å². The van der Waals surface area contributed by atoms with Gasteiger partial charge in [-0.25, -0.2) is 9.97 Å². The minimum Gasteiger partial charge on any atom is -0.443 e. The molecule has 0 saturated heterocycles. The number of hydrogen-bond acceptors (Lipinski definition) is 7. The Labute approximate surface area is 204 Å². The number of carbonyl (C=O) groups is 2. The van der Waals surface area contributed by atoms with Crippen molar-refractivity contribution in [3.05, 3.63) is 83.7 Å². The molecule has 1 amide bonds. The summed E-state index contributed by atoms with van der Waals surface area (Å²) in [7, 11) is 0. The number of benzene rings is 2. The molecule has 6 rings (SSSR count). The fourth-order valence-corrected chi connectivity index (χ4v) is 4.85. The molecule has 3 heterocycles. The first-order valence-corrected chi connectivity index (χ1v) is 12.1. The fourth-order valence-electron chi connectivity index (χ4n) is 4.00. The minimum absolute atomic E-state index is 0.0165. The van der Waals surface area contributed by atoms with Crippen molar-refractivity contribution in [3.63, 3.8) is 0 Å². The highest BCUT2D eigenvalue weighted by atomic mass is 32.1. The van der Waals surface area contributed by atoms with Crippen LogP contribution >= 0.6 is 11.3 Å². The van der Waals surface area contributed by atoms with E-state index in [0.717, 1.165) is 34.4 Å². The molecule has 1 saturated carbocycles. The van der Waals surface area contributed by atoms with Crippen LogP contribution in [-0.2, 0) is 0 Å². The number of hydrogen-bond donors (Lipinski definition) is 2. The maximum atomic E-state index is 13.0. The summed E-state index contributed by atoms with van der Waals surface area (Å²) < 4.78 is 7.42. The van der Waals surface area contributed by atoms with Gasteiger partial charge in [0.15, 0.2) is 17.9 Å². The van der Waals surface area contributed by atoms with Crippen molar-refractivity contribution in [1.29, 1.82) is 0 Å². The molecule has 2 N–H and O–H groups in total. The van der Waals surface area contributed by atoms with E-state index in [-0.39, 0.29) is 18.2 Å². The lowest BCUT2D eigenvalue weighted by Gasteiger charge is -2.09. The topological polar surface area (TPSA) is 102 Å². The number of nitrogens with one attached hydrogen (secondary N) is 2. The van der Waals surface area contributed by atoms with Crippen molar-refractivity contribution < 1.29 is 14.0 Å². The highest BCUT2D eigenvalue weighted by molar-refractivity contribution is 7.17. The van der Waals surface area contributed by atoms with E-state index in [1.54, 1.807) is 12.3 Å². The predicted octanol–water partition coefficient (Wildman–Crippen LogP) is 5.63. The van der Waals surface area contributed by atoms with Crippen LogP contribution in [0.2, 0.25) is 0 Å². The lowest BCUT2D eigenvalue weighted by atomic mass is 10.1. The Bertz CT molecular complexity index is 1520. The number of imidazole rings is 1. The van der Waals surface area contributed by atoms with Crippen LogP contribution in [0.4, 0.5) is 11.6 Å². The van der Waals surface area contributed by atoms with E-state index in [1.165, 1.54) is 17.7 Å². The Morgan fingerprint density at radius 2 is 1.94 bits per heavy atom. The van der Waals surface area contributed by atoms with E-state index in [0.29, 0.717) is 28.2 Å². The molecule has 5 aromatic rings. The zero-order valence-electron chi connectivity index (χ0n) is 18.6. The van der Waals surface area contributed by atoms with Gasteiger partial charge >= 0.3 is 0 Å². The van der Waals surface area contributed by atoms with Crippen LogP contribution in [0.5, 0.6) is 0 Å². The zero-order chi connectivity index (χ0) is 23.8. The van der Waals surface area contributed by atoms with Crippen molar-refractivity contribution in [1.82, 2.24) is 14.5 Å². The summed E-state index contributed by atoms with van der Waals surface area (Å²) in [6.45, 7) is 0.189. The maximum Gasteiger partial charge on any atom is 0.268 e. The fraction of sp³-hybridized carbons (Fsp3) is 0.154. The number of anilines is 2. The molecule has 0 bridgehead atoms. The third kappa shape index (κ3) is 4.33. The molecule has 8 nitrogen and oxygen atoms in total. The smallest absolute Gasteiger partial charge is 0.268 e. The number of ketones is 1. The lowest BCUT2D eigenvalue weighted by Crippen LogP contribution is -2.14. The van der Waals surface area contributed by atoms with Crippen LogP contribution in [0.3, 0.4) is 0 Å². The van der Waals surface area contributed by atoms with Crippen LogP contribution < -0.4 is 10.6 Å². The van der Waals surface area contributed by atoms with Crippen molar-refractivity contribution in [3.8, 4) is 10.6 Å². The molecule has 1 aliphatic carbocycles. The van der Waals surface area contributed by atoms with Crippen molar-refractivity contribution in [2.75, 3.05) is 17.2 Å². The SMILES string of the molecule is O=C(CNc1ccc2c(c1)nc(NC(=O)c1ccc(-c3cnco3)s1)n2C1CC1)c1ccccc1. The van der Waals surface area contributed by atoms with Gasteiger partial charge < -0.3 is 14.3 Å². The van der Waals surface area contributed by atoms with Crippen LogP contribution in [0, 0.1) is 0 Å². The molecular weight excluding hydrogens is 462 g/mol. The second-order valence-electron chi connectivity index (χ2n) is 8.37. The van der Waals surface area contributed by atoms with Gasteiger partial charge in [0, 0.05) is 17.3 Å². The summed E-state index contributed by atoms with van der Waals surface area (Å²) in [5, 5.41) is 6.18. The molecule has 3 aromatic heterocycles. The van der Waals surface area contributed by atoms with Crippen molar-refractivity contribution >= 4 is 45.7 Å². The maximum absolute atomic E-state index is 13.0. The highest BCUT2D eigenvalue weighted by Gasteiger charge is 2.29. The number of Topliss-reactive ketones (excluding diaryl/α,β-unsaturated/α-hetero) is 1. The first kappa shape index (κ1) is 21.3. The molecule has 174 valence electrons. The van der Waals surface area contributed by atoms with Gasteiger partial charge in [0.1, 0.15) is 0 Å². The van der Waals surface area contributed by atoms with Gasteiger partial charge in [-0.15, -0.1) is 11.3 Å². The Hall–Kier alpha value is -4.24. The van der Waals surface area contributed by atoms with Crippen LogP contribution in [-0.4, -0.2) is 32.8 Å². The molecule has 1 aliphatic rings. The number of nitrogens with zero attached hydrogens (tertiary/aromatic N) is 3. The summed E-state index contributed by atoms with van der Waals surface area (Å²) >= 11 is 1.34. The number of carbonyl (C=O) groups excluding carboxylic acids is 2. The molecule has 9 heteroatoms. The second kappa shape index (κ2) is 8.84. The Kier molecular flexibility index (Phi) is 5.38. The largest absolute Gasteiger partial charge is 0.443 e. The van der Waals surface area contributed by atoms with E-state index in [9.17, 15) is 9.59 Å². The normalized spacial score (nSPS) is 13.1. The summed E-state index contributed by atoms with van der Waals surface area (Å²) in [5.41, 5.74) is 3.19. The first-order chi connectivity index (χ1) is 17.2. The van der Waals surface area contributed by atoms with Crippen LogP contribution in [0.15, 0.2) is 77.7 Å². The average Bonchev–Trinajstić information content (AvgIpc) is 3.28. The number of thiophene rings is 1. The number of aromatic nitrogens is 3. The summed E-state index contributed by atoms with van der Waals surface area (Å²) in [6, 6.07) is 19.0. The van der Waals surface area contributed by atoms with E-state index in [1.807, 2.05) is 54.6 Å². The van der Waals surface area contributed by atoms with Gasteiger partial charge in [-0.1, -0.05) is 30.3 Å². The molecule has 0 aliphatic heterocycles. The van der Waals surface area contributed by atoms with Crippen LogP contribution in [0.25, 0.3) is 21.7 Å². The van der Waals surface area contributed by atoms with Gasteiger partial charge in [0.05, 0.1) is 33.5 Å². The second-order valence-corrected chi connectivity index (χ2v) is 9.45. The van der Waals surface area contributed by atoms with Gasteiger partial charge in [-0.05, 0) is 43.2 Å². The molecule has 2 aromatic carbocycles. The Balaban J connectivity index is 1.22. The molecule has 0 unspecified atom stereocenters. The molecule has 0 atom stereocenters. The van der Waals surface area contributed by atoms with E-state index < -0.39 is 0 Å². The van der Waals surface area contributed by atoms with Gasteiger partial charge in [0.25, 0.3) is 5.91 Å². The number of rotatable bonds is 8. The number of amides is 1. The van der Waals surface area contributed by atoms with Gasteiger partial charge in [0.2, 0.25) is 5.95 Å². The molecule has 1 fully saturated rings. The monoisotopic (exact) mass is 483 g/mol.